The molecule has 1 aliphatic rings. The molecule has 0 bridgehead atoms. The Hall–Kier alpha value is -1.60. The lowest BCUT2D eigenvalue weighted by molar-refractivity contribution is -0.127. The van der Waals surface area contributed by atoms with Gasteiger partial charge in [-0.1, -0.05) is 6.07 Å². The standard InChI is InChI=1S/C16H26N4O2S/c1-16(7-5-8-22-16)12-19-15(18-11-14(21)20(2)3)17-10-13-6-4-9-23-13/h4,6,9H,5,7-8,10-12H2,1-3H3,(H2,17,18,19). The second kappa shape index (κ2) is 8.31. The van der Waals surface area contributed by atoms with Gasteiger partial charge in [0, 0.05) is 32.1 Å². The predicted octanol–water partition coefficient (Wildman–Crippen LogP) is 1.44. The van der Waals surface area contributed by atoms with Gasteiger partial charge >= 0.3 is 0 Å². The van der Waals surface area contributed by atoms with E-state index in [1.165, 1.54) is 4.88 Å². The fourth-order valence-electron chi connectivity index (χ4n) is 2.29. The zero-order valence-electron chi connectivity index (χ0n) is 14.1. The van der Waals surface area contributed by atoms with E-state index >= 15 is 0 Å². The van der Waals surface area contributed by atoms with Crippen LogP contribution in [0.1, 0.15) is 24.6 Å². The van der Waals surface area contributed by atoms with Gasteiger partial charge in [0.15, 0.2) is 5.96 Å². The molecule has 2 heterocycles. The summed E-state index contributed by atoms with van der Waals surface area (Å²) < 4.78 is 5.79. The van der Waals surface area contributed by atoms with Gasteiger partial charge in [-0.3, -0.25) is 4.79 Å². The number of thiophene rings is 1. The Kier molecular flexibility index (Phi) is 6.41. The summed E-state index contributed by atoms with van der Waals surface area (Å²) in [6.45, 7) is 4.42. The SMILES string of the molecule is CN(C)C(=O)CN=C(NCc1cccs1)NCC1(C)CCCO1. The van der Waals surface area contributed by atoms with Crippen molar-refractivity contribution in [3.05, 3.63) is 22.4 Å². The Bertz CT molecular complexity index is 522. The quantitative estimate of drug-likeness (QED) is 0.608. The molecule has 7 heteroatoms. The average Bonchev–Trinajstić information content (AvgIpc) is 3.18. The van der Waals surface area contributed by atoms with E-state index in [-0.39, 0.29) is 18.1 Å². The van der Waals surface area contributed by atoms with Crippen LogP contribution in [-0.4, -0.2) is 56.2 Å². The van der Waals surface area contributed by atoms with Crippen LogP contribution in [0.3, 0.4) is 0 Å². The number of guanidine groups is 1. The molecule has 1 amide bonds. The number of ether oxygens (including phenoxy) is 1. The van der Waals surface area contributed by atoms with Gasteiger partial charge in [-0.15, -0.1) is 11.3 Å². The van der Waals surface area contributed by atoms with E-state index in [2.05, 4.69) is 28.6 Å². The number of amides is 1. The number of likely N-dealkylation sites (N-methyl/N-ethyl adjacent to an activating group) is 1. The highest BCUT2D eigenvalue weighted by molar-refractivity contribution is 7.09. The van der Waals surface area contributed by atoms with Crippen molar-refractivity contribution in [1.29, 1.82) is 0 Å². The van der Waals surface area contributed by atoms with Gasteiger partial charge in [0.05, 0.1) is 12.1 Å². The van der Waals surface area contributed by atoms with Crippen molar-refractivity contribution in [1.82, 2.24) is 15.5 Å². The third-order valence-electron chi connectivity index (χ3n) is 3.81. The first-order valence-corrected chi connectivity index (χ1v) is 8.75. The monoisotopic (exact) mass is 338 g/mol. The summed E-state index contributed by atoms with van der Waals surface area (Å²) >= 11 is 1.69. The molecule has 1 fully saturated rings. The van der Waals surface area contributed by atoms with Crippen molar-refractivity contribution in [2.45, 2.75) is 31.9 Å². The number of rotatable bonds is 6. The molecule has 0 radical (unpaired) electrons. The van der Waals surface area contributed by atoms with Crippen molar-refractivity contribution in [2.75, 3.05) is 33.8 Å². The first-order chi connectivity index (χ1) is 11.0. The van der Waals surface area contributed by atoms with E-state index in [0.29, 0.717) is 19.0 Å². The summed E-state index contributed by atoms with van der Waals surface area (Å²) in [6, 6.07) is 4.09. The van der Waals surface area contributed by atoms with Gasteiger partial charge in [0.25, 0.3) is 0 Å². The van der Waals surface area contributed by atoms with E-state index in [0.717, 1.165) is 19.4 Å². The third-order valence-corrected chi connectivity index (χ3v) is 4.69. The normalized spacial score (nSPS) is 21.3. The molecule has 1 aliphatic heterocycles. The minimum Gasteiger partial charge on any atom is -0.373 e. The number of carbonyl (C=O) groups is 1. The second-order valence-electron chi connectivity index (χ2n) is 6.14. The number of aliphatic imine (C=N–C) groups is 1. The van der Waals surface area contributed by atoms with Crippen LogP contribution in [-0.2, 0) is 16.1 Å². The van der Waals surface area contributed by atoms with Gasteiger partial charge in [-0.25, -0.2) is 4.99 Å². The van der Waals surface area contributed by atoms with Crippen molar-refractivity contribution in [2.24, 2.45) is 4.99 Å². The molecule has 1 saturated heterocycles. The molecule has 0 spiro atoms. The summed E-state index contributed by atoms with van der Waals surface area (Å²) in [5, 5.41) is 8.63. The number of hydrogen-bond donors (Lipinski definition) is 2. The maximum Gasteiger partial charge on any atom is 0.243 e. The minimum atomic E-state index is -0.156. The van der Waals surface area contributed by atoms with Gasteiger partial charge in [0.1, 0.15) is 6.54 Å². The van der Waals surface area contributed by atoms with E-state index in [4.69, 9.17) is 4.74 Å². The van der Waals surface area contributed by atoms with Crippen LogP contribution in [0.4, 0.5) is 0 Å². The molecule has 2 rings (SSSR count). The zero-order chi connectivity index (χ0) is 16.7. The topological polar surface area (TPSA) is 66.0 Å². The van der Waals surface area contributed by atoms with Crippen LogP contribution in [0, 0.1) is 0 Å². The predicted molar refractivity (Wildman–Crippen MR) is 93.7 cm³/mol. The molecular weight excluding hydrogens is 312 g/mol. The van der Waals surface area contributed by atoms with E-state index in [1.807, 2.05) is 11.4 Å². The fourth-order valence-corrected chi connectivity index (χ4v) is 2.94. The highest BCUT2D eigenvalue weighted by Crippen LogP contribution is 2.23. The average molecular weight is 338 g/mol. The highest BCUT2D eigenvalue weighted by atomic mass is 32.1. The molecule has 0 saturated carbocycles. The maximum atomic E-state index is 11.7. The first-order valence-electron chi connectivity index (χ1n) is 7.87. The zero-order valence-corrected chi connectivity index (χ0v) is 14.9. The molecule has 6 nitrogen and oxygen atoms in total. The van der Waals surface area contributed by atoms with Crippen LogP contribution >= 0.6 is 11.3 Å². The summed E-state index contributed by atoms with van der Waals surface area (Å²) in [6.07, 6.45) is 2.13. The molecule has 0 aromatic carbocycles. The molecule has 1 atom stereocenters. The Labute approximate surface area is 141 Å². The van der Waals surface area contributed by atoms with Crippen LogP contribution in [0.15, 0.2) is 22.5 Å². The smallest absolute Gasteiger partial charge is 0.243 e. The second-order valence-corrected chi connectivity index (χ2v) is 7.17. The van der Waals surface area contributed by atoms with Crippen LogP contribution < -0.4 is 10.6 Å². The van der Waals surface area contributed by atoms with Gasteiger partial charge in [-0.2, -0.15) is 0 Å². The molecule has 23 heavy (non-hydrogen) atoms. The van der Waals surface area contributed by atoms with Crippen molar-refractivity contribution in [3.63, 3.8) is 0 Å². The molecule has 0 aliphatic carbocycles. The summed E-state index contributed by atoms with van der Waals surface area (Å²) in [5.41, 5.74) is -0.156. The highest BCUT2D eigenvalue weighted by Gasteiger charge is 2.29. The lowest BCUT2D eigenvalue weighted by atomic mass is 10.0. The number of nitrogens with zero attached hydrogens (tertiary/aromatic N) is 2. The Morgan fingerprint density at radius 3 is 2.91 bits per heavy atom. The van der Waals surface area contributed by atoms with Crippen LogP contribution in [0.5, 0.6) is 0 Å². The summed E-state index contributed by atoms with van der Waals surface area (Å²) in [5.74, 6) is 0.621. The van der Waals surface area contributed by atoms with Gasteiger partial charge in [-0.05, 0) is 31.2 Å². The van der Waals surface area contributed by atoms with Crippen molar-refractivity contribution >= 4 is 23.2 Å². The van der Waals surface area contributed by atoms with Crippen LogP contribution in [0.25, 0.3) is 0 Å². The largest absolute Gasteiger partial charge is 0.373 e. The van der Waals surface area contributed by atoms with Crippen molar-refractivity contribution < 1.29 is 9.53 Å². The van der Waals surface area contributed by atoms with Crippen molar-refractivity contribution in [3.8, 4) is 0 Å². The Balaban J connectivity index is 1.92. The first kappa shape index (κ1) is 17.7. The number of hydrogen-bond acceptors (Lipinski definition) is 4. The van der Waals surface area contributed by atoms with Gasteiger partial charge in [0.2, 0.25) is 5.91 Å². The number of carbonyl (C=O) groups excluding carboxylic acids is 1. The van der Waals surface area contributed by atoms with E-state index in [9.17, 15) is 4.79 Å². The molecule has 2 N–H and O–H groups in total. The van der Waals surface area contributed by atoms with Crippen LogP contribution in [0.2, 0.25) is 0 Å². The van der Waals surface area contributed by atoms with Gasteiger partial charge < -0.3 is 20.3 Å². The molecular formula is C16H26N4O2S. The lowest BCUT2D eigenvalue weighted by Gasteiger charge is -2.24. The maximum absolute atomic E-state index is 11.7. The van der Waals surface area contributed by atoms with E-state index in [1.54, 1.807) is 30.3 Å². The van der Waals surface area contributed by atoms with E-state index < -0.39 is 0 Å². The molecule has 1 aromatic rings. The number of nitrogens with one attached hydrogen (secondary N) is 2. The minimum absolute atomic E-state index is 0.0226. The fraction of sp³-hybridized carbons (Fsp3) is 0.625. The Morgan fingerprint density at radius 2 is 2.30 bits per heavy atom. The molecule has 1 unspecified atom stereocenters. The summed E-state index contributed by atoms with van der Waals surface area (Å²) in [7, 11) is 3.47. The summed E-state index contributed by atoms with van der Waals surface area (Å²) in [4.78, 5) is 18.9. The molecule has 1 aromatic heterocycles. The molecule has 128 valence electrons. The third kappa shape index (κ3) is 5.84. The Morgan fingerprint density at radius 1 is 1.48 bits per heavy atom. The lowest BCUT2D eigenvalue weighted by Crippen LogP contribution is -2.45.